The Morgan fingerprint density at radius 3 is 2.44 bits per heavy atom. The standard InChI is InChI=1S/C12H26N2O2/c1-10(7-8-13-5)9-14(6)11(15)16-12(2,3)4/h10,13H,7-9H2,1-6H3. The summed E-state index contributed by atoms with van der Waals surface area (Å²) in [5.74, 6) is 0.477. The lowest BCUT2D eigenvalue weighted by Gasteiger charge is -2.26. The Morgan fingerprint density at radius 2 is 2.00 bits per heavy atom. The summed E-state index contributed by atoms with van der Waals surface area (Å²) in [6.45, 7) is 9.48. The summed E-state index contributed by atoms with van der Waals surface area (Å²) in [5, 5.41) is 3.10. The van der Waals surface area contributed by atoms with Crippen LogP contribution in [0.15, 0.2) is 0 Å². The lowest BCUT2D eigenvalue weighted by atomic mass is 10.1. The topological polar surface area (TPSA) is 41.6 Å². The van der Waals surface area contributed by atoms with Crippen LogP contribution in [0.4, 0.5) is 4.79 Å². The van der Waals surface area contributed by atoms with Crippen molar-refractivity contribution in [1.82, 2.24) is 10.2 Å². The maximum absolute atomic E-state index is 11.7. The van der Waals surface area contributed by atoms with E-state index in [-0.39, 0.29) is 6.09 Å². The summed E-state index contributed by atoms with van der Waals surface area (Å²) in [5.41, 5.74) is -0.417. The zero-order valence-electron chi connectivity index (χ0n) is 11.5. The van der Waals surface area contributed by atoms with E-state index in [2.05, 4.69) is 12.2 Å². The van der Waals surface area contributed by atoms with E-state index in [0.29, 0.717) is 5.92 Å². The van der Waals surface area contributed by atoms with Crippen molar-refractivity contribution in [2.45, 2.75) is 39.7 Å². The van der Waals surface area contributed by atoms with Gasteiger partial charge in [-0.1, -0.05) is 6.92 Å². The normalized spacial score (nSPS) is 13.4. The van der Waals surface area contributed by atoms with Crippen molar-refractivity contribution in [1.29, 1.82) is 0 Å². The minimum atomic E-state index is -0.417. The average Bonchev–Trinajstić information content (AvgIpc) is 2.11. The van der Waals surface area contributed by atoms with Gasteiger partial charge in [-0.3, -0.25) is 0 Å². The van der Waals surface area contributed by atoms with Crippen LogP contribution in [0.2, 0.25) is 0 Å². The molecule has 96 valence electrons. The third kappa shape index (κ3) is 7.51. The highest BCUT2D eigenvalue weighted by Gasteiger charge is 2.20. The van der Waals surface area contributed by atoms with Crippen LogP contribution in [0.5, 0.6) is 0 Å². The molecule has 0 aliphatic heterocycles. The third-order valence-corrected chi connectivity index (χ3v) is 2.18. The van der Waals surface area contributed by atoms with Crippen LogP contribution >= 0.6 is 0 Å². The van der Waals surface area contributed by atoms with Crippen molar-refractivity contribution in [2.75, 3.05) is 27.2 Å². The molecule has 1 amide bonds. The Balaban J connectivity index is 3.95. The van der Waals surface area contributed by atoms with Gasteiger partial charge in [0.25, 0.3) is 0 Å². The smallest absolute Gasteiger partial charge is 0.410 e. The minimum Gasteiger partial charge on any atom is -0.444 e. The fraction of sp³-hybridized carbons (Fsp3) is 0.917. The Bertz CT molecular complexity index is 212. The van der Waals surface area contributed by atoms with Gasteiger partial charge < -0.3 is 15.0 Å². The van der Waals surface area contributed by atoms with E-state index in [1.807, 2.05) is 27.8 Å². The Hall–Kier alpha value is -0.770. The molecule has 0 fully saturated rings. The van der Waals surface area contributed by atoms with E-state index in [1.54, 1.807) is 11.9 Å². The second-order valence-corrected chi connectivity index (χ2v) is 5.36. The number of amides is 1. The summed E-state index contributed by atoms with van der Waals surface area (Å²) in [6, 6.07) is 0. The van der Waals surface area contributed by atoms with Gasteiger partial charge in [0.05, 0.1) is 0 Å². The molecule has 1 unspecified atom stereocenters. The molecule has 0 heterocycles. The van der Waals surface area contributed by atoms with Crippen LogP contribution < -0.4 is 5.32 Å². The molecule has 0 radical (unpaired) electrons. The Labute approximate surface area is 99.3 Å². The number of hydrogen-bond donors (Lipinski definition) is 1. The van der Waals surface area contributed by atoms with Gasteiger partial charge in [-0.15, -0.1) is 0 Å². The third-order valence-electron chi connectivity index (χ3n) is 2.18. The second kappa shape index (κ2) is 6.74. The highest BCUT2D eigenvalue weighted by Crippen LogP contribution is 2.11. The van der Waals surface area contributed by atoms with Crippen molar-refractivity contribution < 1.29 is 9.53 Å². The average molecular weight is 230 g/mol. The molecule has 0 saturated carbocycles. The molecule has 16 heavy (non-hydrogen) atoms. The van der Waals surface area contributed by atoms with Gasteiger partial charge in [0.2, 0.25) is 0 Å². The first kappa shape index (κ1) is 15.2. The minimum absolute atomic E-state index is 0.246. The predicted octanol–water partition coefficient (Wildman–Crippen LogP) is 2.10. The van der Waals surface area contributed by atoms with E-state index >= 15 is 0 Å². The molecule has 4 nitrogen and oxygen atoms in total. The quantitative estimate of drug-likeness (QED) is 0.786. The molecule has 0 saturated heterocycles. The second-order valence-electron chi connectivity index (χ2n) is 5.36. The van der Waals surface area contributed by atoms with Gasteiger partial charge in [0.1, 0.15) is 5.60 Å². The van der Waals surface area contributed by atoms with Crippen LogP contribution in [0.1, 0.15) is 34.1 Å². The van der Waals surface area contributed by atoms with Gasteiger partial charge in [-0.05, 0) is 46.7 Å². The van der Waals surface area contributed by atoms with Crippen molar-refractivity contribution >= 4 is 6.09 Å². The SMILES string of the molecule is CNCCC(C)CN(C)C(=O)OC(C)(C)C. The van der Waals surface area contributed by atoms with Crippen LogP contribution in [0, 0.1) is 5.92 Å². The van der Waals surface area contributed by atoms with E-state index < -0.39 is 5.60 Å². The van der Waals surface area contributed by atoms with Gasteiger partial charge >= 0.3 is 6.09 Å². The lowest BCUT2D eigenvalue weighted by Crippen LogP contribution is -2.36. The number of rotatable bonds is 5. The Kier molecular flexibility index (Phi) is 6.41. The largest absolute Gasteiger partial charge is 0.444 e. The zero-order valence-corrected chi connectivity index (χ0v) is 11.5. The monoisotopic (exact) mass is 230 g/mol. The summed E-state index contributed by atoms with van der Waals surface area (Å²) < 4.78 is 5.28. The molecule has 1 N–H and O–H groups in total. The van der Waals surface area contributed by atoms with Crippen molar-refractivity contribution in [3.63, 3.8) is 0 Å². The Morgan fingerprint density at radius 1 is 1.44 bits per heavy atom. The van der Waals surface area contributed by atoms with Crippen molar-refractivity contribution in [2.24, 2.45) is 5.92 Å². The predicted molar refractivity (Wildman–Crippen MR) is 66.6 cm³/mol. The summed E-state index contributed by atoms with van der Waals surface area (Å²) in [6.07, 6.45) is 0.813. The van der Waals surface area contributed by atoms with Crippen LogP contribution in [0.25, 0.3) is 0 Å². The molecular weight excluding hydrogens is 204 g/mol. The van der Waals surface area contributed by atoms with Crippen LogP contribution in [0.3, 0.4) is 0 Å². The molecule has 0 aliphatic rings. The number of nitrogens with zero attached hydrogens (tertiary/aromatic N) is 1. The van der Waals surface area contributed by atoms with Crippen LogP contribution in [-0.4, -0.2) is 43.8 Å². The first-order valence-electron chi connectivity index (χ1n) is 5.85. The number of hydrogen-bond acceptors (Lipinski definition) is 3. The fourth-order valence-corrected chi connectivity index (χ4v) is 1.36. The van der Waals surface area contributed by atoms with E-state index in [4.69, 9.17) is 4.74 Å². The first-order valence-corrected chi connectivity index (χ1v) is 5.85. The number of ether oxygens (including phenoxy) is 1. The number of carbonyl (C=O) groups excluding carboxylic acids is 1. The molecule has 0 aromatic carbocycles. The molecule has 0 aliphatic carbocycles. The molecule has 0 rings (SSSR count). The molecule has 0 aromatic rings. The highest BCUT2D eigenvalue weighted by molar-refractivity contribution is 5.67. The van der Waals surface area contributed by atoms with Gasteiger partial charge in [0, 0.05) is 13.6 Å². The summed E-state index contributed by atoms with van der Waals surface area (Å²) in [7, 11) is 3.72. The molecule has 1 atom stereocenters. The first-order chi connectivity index (χ1) is 7.26. The van der Waals surface area contributed by atoms with Crippen molar-refractivity contribution in [3.05, 3.63) is 0 Å². The van der Waals surface area contributed by atoms with Gasteiger partial charge in [-0.25, -0.2) is 4.79 Å². The summed E-state index contributed by atoms with van der Waals surface area (Å²) >= 11 is 0. The van der Waals surface area contributed by atoms with E-state index in [9.17, 15) is 4.79 Å². The molecule has 0 aromatic heterocycles. The van der Waals surface area contributed by atoms with Crippen molar-refractivity contribution in [3.8, 4) is 0 Å². The molecule has 4 heteroatoms. The fourth-order valence-electron chi connectivity index (χ4n) is 1.36. The number of carbonyl (C=O) groups is 1. The highest BCUT2D eigenvalue weighted by atomic mass is 16.6. The molecule has 0 bridgehead atoms. The molecular formula is C12H26N2O2. The zero-order chi connectivity index (χ0) is 12.8. The number of nitrogens with one attached hydrogen (secondary N) is 1. The van der Waals surface area contributed by atoms with Gasteiger partial charge in [0.15, 0.2) is 0 Å². The lowest BCUT2D eigenvalue weighted by molar-refractivity contribution is 0.0275. The summed E-state index contributed by atoms with van der Waals surface area (Å²) in [4.78, 5) is 13.3. The van der Waals surface area contributed by atoms with E-state index in [1.165, 1.54) is 0 Å². The van der Waals surface area contributed by atoms with Crippen LogP contribution in [-0.2, 0) is 4.74 Å². The van der Waals surface area contributed by atoms with Gasteiger partial charge in [-0.2, -0.15) is 0 Å². The molecule has 0 spiro atoms. The maximum Gasteiger partial charge on any atom is 0.410 e. The van der Waals surface area contributed by atoms with E-state index in [0.717, 1.165) is 19.5 Å². The maximum atomic E-state index is 11.7.